The van der Waals surface area contributed by atoms with Gasteiger partial charge in [-0.3, -0.25) is 0 Å². The Labute approximate surface area is 115 Å². The third-order valence-corrected chi connectivity index (χ3v) is 3.66. The van der Waals surface area contributed by atoms with Gasteiger partial charge < -0.3 is 15.0 Å². The van der Waals surface area contributed by atoms with E-state index in [9.17, 15) is 4.39 Å². The Morgan fingerprint density at radius 3 is 2.53 bits per heavy atom. The first-order valence-corrected chi connectivity index (χ1v) is 6.55. The quantitative estimate of drug-likeness (QED) is 0.858. The Morgan fingerprint density at radius 2 is 2.00 bits per heavy atom. The zero-order valence-electron chi connectivity index (χ0n) is 12.7. The molecule has 0 aliphatic heterocycles. The van der Waals surface area contributed by atoms with E-state index in [1.807, 2.05) is 28.1 Å². The fraction of sp³-hybridized carbons (Fsp3) is 0.600. The summed E-state index contributed by atoms with van der Waals surface area (Å²) in [5.41, 5.74) is 0.770. The standard InChI is InChI=1S/C15H25FN2O/c1-11(17-4)13-9-12(16)7-8-14(13)19-10-15(2,3)18(5)6/h7-9,11,17H,10H2,1-6H3. The Bertz CT molecular complexity index is 419. The molecule has 0 bridgehead atoms. The highest BCUT2D eigenvalue weighted by Crippen LogP contribution is 2.27. The molecule has 1 N–H and O–H groups in total. The molecule has 0 spiro atoms. The predicted molar refractivity (Wildman–Crippen MR) is 77.1 cm³/mol. The summed E-state index contributed by atoms with van der Waals surface area (Å²) in [6.07, 6.45) is 0. The minimum absolute atomic E-state index is 0.0492. The summed E-state index contributed by atoms with van der Waals surface area (Å²) in [6, 6.07) is 4.71. The van der Waals surface area contributed by atoms with E-state index in [-0.39, 0.29) is 17.4 Å². The lowest BCUT2D eigenvalue weighted by molar-refractivity contribution is 0.113. The molecular weight excluding hydrogens is 243 g/mol. The smallest absolute Gasteiger partial charge is 0.124 e. The van der Waals surface area contributed by atoms with Crippen LogP contribution in [0.5, 0.6) is 5.75 Å². The van der Waals surface area contributed by atoms with E-state index < -0.39 is 0 Å². The summed E-state index contributed by atoms with van der Waals surface area (Å²) in [5, 5.41) is 3.11. The SMILES string of the molecule is CNC(C)c1cc(F)ccc1OCC(C)(C)N(C)C. The molecule has 0 amide bonds. The van der Waals surface area contributed by atoms with Crippen LogP contribution < -0.4 is 10.1 Å². The third kappa shape index (κ3) is 4.18. The summed E-state index contributed by atoms with van der Waals surface area (Å²) in [6.45, 7) is 6.75. The Balaban J connectivity index is 2.89. The van der Waals surface area contributed by atoms with Crippen molar-refractivity contribution in [1.82, 2.24) is 10.2 Å². The van der Waals surface area contributed by atoms with E-state index in [2.05, 4.69) is 24.1 Å². The molecule has 1 aromatic rings. The van der Waals surface area contributed by atoms with Crippen LogP contribution in [-0.4, -0.2) is 38.2 Å². The number of nitrogens with one attached hydrogen (secondary N) is 1. The van der Waals surface area contributed by atoms with Gasteiger partial charge in [0.1, 0.15) is 18.2 Å². The molecule has 1 unspecified atom stereocenters. The second kappa shape index (κ2) is 6.35. The van der Waals surface area contributed by atoms with Gasteiger partial charge in [0.25, 0.3) is 0 Å². The fourth-order valence-electron chi connectivity index (χ4n) is 1.53. The van der Waals surface area contributed by atoms with E-state index in [0.717, 1.165) is 11.3 Å². The molecule has 4 heteroatoms. The van der Waals surface area contributed by atoms with E-state index in [0.29, 0.717) is 6.61 Å². The summed E-state index contributed by atoms with van der Waals surface area (Å²) in [4.78, 5) is 2.11. The minimum Gasteiger partial charge on any atom is -0.491 e. The maximum atomic E-state index is 13.4. The Kier molecular flexibility index (Phi) is 5.32. The van der Waals surface area contributed by atoms with Crippen molar-refractivity contribution in [2.45, 2.75) is 32.4 Å². The Morgan fingerprint density at radius 1 is 1.37 bits per heavy atom. The van der Waals surface area contributed by atoms with Crippen molar-refractivity contribution in [1.29, 1.82) is 0 Å². The largest absolute Gasteiger partial charge is 0.491 e. The number of rotatable bonds is 6. The first kappa shape index (κ1) is 15.9. The van der Waals surface area contributed by atoms with Crippen LogP contribution in [0.3, 0.4) is 0 Å². The van der Waals surface area contributed by atoms with Crippen molar-refractivity contribution in [3.05, 3.63) is 29.6 Å². The van der Waals surface area contributed by atoms with Gasteiger partial charge in [-0.1, -0.05) is 0 Å². The topological polar surface area (TPSA) is 24.5 Å². The second-order valence-corrected chi connectivity index (χ2v) is 5.69. The number of hydrogen-bond donors (Lipinski definition) is 1. The second-order valence-electron chi connectivity index (χ2n) is 5.69. The van der Waals surface area contributed by atoms with Gasteiger partial charge >= 0.3 is 0 Å². The van der Waals surface area contributed by atoms with Crippen LogP contribution in [-0.2, 0) is 0 Å². The van der Waals surface area contributed by atoms with Crippen molar-refractivity contribution in [2.24, 2.45) is 0 Å². The molecule has 0 heterocycles. The molecule has 19 heavy (non-hydrogen) atoms. The first-order chi connectivity index (χ1) is 8.77. The van der Waals surface area contributed by atoms with Crippen LogP contribution in [0.2, 0.25) is 0 Å². The van der Waals surface area contributed by atoms with Crippen molar-refractivity contribution in [2.75, 3.05) is 27.7 Å². The first-order valence-electron chi connectivity index (χ1n) is 6.55. The molecule has 0 saturated heterocycles. The Hall–Kier alpha value is -1.13. The zero-order valence-corrected chi connectivity index (χ0v) is 12.7. The van der Waals surface area contributed by atoms with Crippen molar-refractivity contribution >= 4 is 0 Å². The van der Waals surface area contributed by atoms with E-state index in [4.69, 9.17) is 4.74 Å². The molecule has 0 fully saturated rings. The minimum atomic E-state index is -0.240. The van der Waals surface area contributed by atoms with Gasteiger partial charge in [-0.25, -0.2) is 4.39 Å². The molecule has 108 valence electrons. The monoisotopic (exact) mass is 268 g/mol. The summed E-state index contributed by atoms with van der Waals surface area (Å²) < 4.78 is 19.2. The lowest BCUT2D eigenvalue weighted by Gasteiger charge is -2.32. The molecule has 1 aromatic carbocycles. The molecule has 3 nitrogen and oxygen atoms in total. The van der Waals surface area contributed by atoms with Crippen molar-refractivity contribution in [3.8, 4) is 5.75 Å². The van der Waals surface area contributed by atoms with Gasteiger partial charge in [0, 0.05) is 17.1 Å². The normalized spacial score (nSPS) is 13.7. The molecule has 0 saturated carbocycles. The fourth-order valence-corrected chi connectivity index (χ4v) is 1.53. The highest BCUT2D eigenvalue weighted by molar-refractivity contribution is 5.36. The van der Waals surface area contributed by atoms with Crippen LogP contribution in [0.15, 0.2) is 18.2 Å². The maximum Gasteiger partial charge on any atom is 0.124 e. The number of nitrogens with zero attached hydrogens (tertiary/aromatic N) is 1. The van der Waals surface area contributed by atoms with Gasteiger partial charge in [0.2, 0.25) is 0 Å². The average molecular weight is 268 g/mol. The molecule has 0 aromatic heterocycles. The number of likely N-dealkylation sites (N-methyl/N-ethyl adjacent to an activating group) is 1. The molecule has 1 rings (SSSR count). The van der Waals surface area contributed by atoms with Crippen LogP contribution in [0.1, 0.15) is 32.4 Å². The van der Waals surface area contributed by atoms with Gasteiger partial charge in [-0.15, -0.1) is 0 Å². The average Bonchev–Trinajstić information content (AvgIpc) is 2.36. The van der Waals surface area contributed by atoms with Gasteiger partial charge in [0.05, 0.1) is 0 Å². The number of halogens is 1. The van der Waals surface area contributed by atoms with Crippen LogP contribution in [0.4, 0.5) is 4.39 Å². The summed E-state index contributed by atoms with van der Waals surface area (Å²) >= 11 is 0. The predicted octanol–water partition coefficient (Wildman–Crippen LogP) is 2.83. The lowest BCUT2D eigenvalue weighted by Crippen LogP contribution is -2.43. The molecule has 0 aliphatic rings. The van der Waals surface area contributed by atoms with E-state index in [1.165, 1.54) is 12.1 Å². The van der Waals surface area contributed by atoms with Crippen LogP contribution in [0.25, 0.3) is 0 Å². The van der Waals surface area contributed by atoms with Crippen LogP contribution in [0, 0.1) is 5.82 Å². The summed E-state index contributed by atoms with van der Waals surface area (Å²) in [5.74, 6) is 0.495. The van der Waals surface area contributed by atoms with Gasteiger partial charge in [0.15, 0.2) is 0 Å². The van der Waals surface area contributed by atoms with Crippen molar-refractivity contribution in [3.63, 3.8) is 0 Å². The van der Waals surface area contributed by atoms with Crippen molar-refractivity contribution < 1.29 is 9.13 Å². The molecule has 0 radical (unpaired) electrons. The molecule has 0 aliphatic carbocycles. The number of hydrogen-bond acceptors (Lipinski definition) is 3. The molecular formula is C15H25FN2O. The van der Waals surface area contributed by atoms with E-state index >= 15 is 0 Å². The van der Waals surface area contributed by atoms with Crippen LogP contribution >= 0.6 is 0 Å². The third-order valence-electron chi connectivity index (χ3n) is 3.66. The highest BCUT2D eigenvalue weighted by Gasteiger charge is 2.22. The van der Waals surface area contributed by atoms with Gasteiger partial charge in [-0.05, 0) is 60.1 Å². The highest BCUT2D eigenvalue weighted by atomic mass is 19.1. The lowest BCUT2D eigenvalue weighted by atomic mass is 10.0. The number of benzene rings is 1. The molecule has 1 atom stereocenters. The van der Waals surface area contributed by atoms with E-state index in [1.54, 1.807) is 6.07 Å². The summed E-state index contributed by atoms with van der Waals surface area (Å²) in [7, 11) is 5.89. The number of ether oxygens (including phenoxy) is 1. The zero-order chi connectivity index (χ0) is 14.6. The maximum absolute atomic E-state index is 13.4. The van der Waals surface area contributed by atoms with Gasteiger partial charge in [-0.2, -0.15) is 0 Å².